The fourth-order valence-electron chi connectivity index (χ4n) is 1.70. The van der Waals surface area contributed by atoms with Crippen LogP contribution in [0.2, 0.25) is 0 Å². The lowest BCUT2D eigenvalue weighted by atomic mass is 10.1. The van der Waals surface area contributed by atoms with Crippen molar-refractivity contribution in [3.63, 3.8) is 0 Å². The zero-order valence-electron chi connectivity index (χ0n) is 10.6. The molecule has 102 valence electrons. The van der Waals surface area contributed by atoms with Gasteiger partial charge >= 0.3 is 5.97 Å². The van der Waals surface area contributed by atoms with Gasteiger partial charge < -0.3 is 15.5 Å². The third-order valence-electron chi connectivity index (χ3n) is 2.77. The number of pyridine rings is 1. The Balaban J connectivity index is 2.25. The number of carboxylic acid groups (broad SMARTS) is 1. The van der Waals surface area contributed by atoms with Gasteiger partial charge in [0.15, 0.2) is 0 Å². The topological polar surface area (TPSA) is 99.5 Å². The number of aromatic carboxylic acids is 1. The van der Waals surface area contributed by atoms with E-state index in [1.165, 1.54) is 36.7 Å². The molecule has 0 aliphatic carbocycles. The second kappa shape index (κ2) is 5.40. The summed E-state index contributed by atoms with van der Waals surface area (Å²) in [6.07, 6.45) is 2.57. The Kier molecular flexibility index (Phi) is 3.65. The van der Waals surface area contributed by atoms with E-state index in [2.05, 4.69) is 10.3 Å². The smallest absolute Gasteiger partial charge is 0.335 e. The number of aryl methyl sites for hydroxylation is 1. The van der Waals surface area contributed by atoms with E-state index in [0.717, 1.165) is 0 Å². The first kappa shape index (κ1) is 13.5. The summed E-state index contributed by atoms with van der Waals surface area (Å²) in [5.74, 6) is -1.74. The molecule has 0 fully saturated rings. The molecular formula is C14H12N2O4. The molecule has 0 saturated carbocycles. The highest BCUT2D eigenvalue weighted by Crippen LogP contribution is 2.20. The first-order valence-electron chi connectivity index (χ1n) is 5.77. The summed E-state index contributed by atoms with van der Waals surface area (Å²) in [6, 6.07) is 5.77. The van der Waals surface area contributed by atoms with Gasteiger partial charge in [0.1, 0.15) is 5.75 Å². The van der Waals surface area contributed by atoms with Crippen LogP contribution in [0.5, 0.6) is 5.75 Å². The summed E-state index contributed by atoms with van der Waals surface area (Å²) in [4.78, 5) is 26.5. The molecule has 0 unspecified atom stereocenters. The van der Waals surface area contributed by atoms with Crippen LogP contribution < -0.4 is 5.32 Å². The lowest BCUT2D eigenvalue weighted by Gasteiger charge is -2.09. The summed E-state index contributed by atoms with van der Waals surface area (Å²) < 4.78 is 0. The van der Waals surface area contributed by atoms with Crippen LogP contribution in [-0.2, 0) is 0 Å². The Morgan fingerprint density at radius 3 is 2.60 bits per heavy atom. The van der Waals surface area contributed by atoms with Gasteiger partial charge in [-0.15, -0.1) is 0 Å². The number of aromatic hydroxyl groups is 1. The summed E-state index contributed by atoms with van der Waals surface area (Å²) in [7, 11) is 0. The summed E-state index contributed by atoms with van der Waals surface area (Å²) in [5, 5.41) is 21.0. The van der Waals surface area contributed by atoms with Gasteiger partial charge in [-0.05, 0) is 36.8 Å². The predicted octanol–water partition coefficient (Wildman–Crippen LogP) is 2.05. The minimum absolute atomic E-state index is 0.0988. The maximum Gasteiger partial charge on any atom is 0.335 e. The number of anilines is 1. The lowest BCUT2D eigenvalue weighted by molar-refractivity contribution is 0.0696. The average Bonchev–Trinajstić information content (AvgIpc) is 2.41. The van der Waals surface area contributed by atoms with E-state index in [0.29, 0.717) is 11.3 Å². The number of nitrogens with zero attached hydrogens (tertiary/aromatic N) is 1. The first-order valence-corrected chi connectivity index (χ1v) is 5.77. The molecule has 6 heteroatoms. The molecule has 20 heavy (non-hydrogen) atoms. The Morgan fingerprint density at radius 2 is 2.00 bits per heavy atom. The molecule has 1 amide bonds. The molecule has 0 radical (unpaired) electrons. The molecule has 1 aromatic carbocycles. The molecule has 2 rings (SSSR count). The van der Waals surface area contributed by atoms with Crippen molar-refractivity contribution in [1.82, 2.24) is 4.98 Å². The quantitative estimate of drug-likeness (QED) is 0.794. The number of carbonyl (C=O) groups excluding carboxylic acids is 1. The number of nitrogens with one attached hydrogen (secondary N) is 1. The second-order valence-electron chi connectivity index (χ2n) is 4.18. The number of amides is 1. The molecular weight excluding hydrogens is 260 g/mol. The third-order valence-corrected chi connectivity index (χ3v) is 2.77. The first-order chi connectivity index (χ1) is 9.49. The largest absolute Gasteiger partial charge is 0.505 e. The van der Waals surface area contributed by atoms with Gasteiger partial charge in [-0.1, -0.05) is 0 Å². The number of rotatable bonds is 3. The molecule has 0 atom stereocenters. The van der Waals surface area contributed by atoms with Gasteiger partial charge in [0, 0.05) is 11.9 Å². The standard InChI is InChI=1S/C14H12N2O4/c1-8-6-9(14(19)20)2-3-11(8)16-13(18)10-4-5-15-7-12(10)17/h2-7,17H,1H3,(H,16,18)(H,19,20). The van der Waals surface area contributed by atoms with Crippen molar-refractivity contribution >= 4 is 17.6 Å². The number of aromatic nitrogens is 1. The van der Waals surface area contributed by atoms with Crippen molar-refractivity contribution in [2.24, 2.45) is 0 Å². The SMILES string of the molecule is Cc1cc(C(=O)O)ccc1NC(=O)c1ccncc1O. The fourth-order valence-corrected chi connectivity index (χ4v) is 1.70. The highest BCUT2D eigenvalue weighted by molar-refractivity contribution is 6.06. The van der Waals surface area contributed by atoms with Crippen LogP contribution in [-0.4, -0.2) is 27.1 Å². The van der Waals surface area contributed by atoms with E-state index in [9.17, 15) is 14.7 Å². The molecule has 1 aromatic heterocycles. The fraction of sp³-hybridized carbons (Fsp3) is 0.0714. The predicted molar refractivity (Wildman–Crippen MR) is 72.0 cm³/mol. The Labute approximate surface area is 114 Å². The van der Waals surface area contributed by atoms with Gasteiger partial charge in [-0.25, -0.2) is 4.79 Å². The van der Waals surface area contributed by atoms with E-state index in [-0.39, 0.29) is 16.9 Å². The maximum atomic E-state index is 12.0. The molecule has 0 aliphatic rings. The summed E-state index contributed by atoms with van der Waals surface area (Å²) >= 11 is 0. The normalized spacial score (nSPS) is 10.1. The molecule has 1 heterocycles. The van der Waals surface area contributed by atoms with Crippen LogP contribution in [0.4, 0.5) is 5.69 Å². The van der Waals surface area contributed by atoms with Crippen molar-refractivity contribution in [1.29, 1.82) is 0 Å². The van der Waals surface area contributed by atoms with Crippen LogP contribution in [0.25, 0.3) is 0 Å². The van der Waals surface area contributed by atoms with Crippen LogP contribution >= 0.6 is 0 Å². The van der Waals surface area contributed by atoms with Crippen molar-refractivity contribution in [2.75, 3.05) is 5.32 Å². The molecule has 2 aromatic rings. The number of benzene rings is 1. The van der Waals surface area contributed by atoms with Crippen molar-refractivity contribution in [3.8, 4) is 5.75 Å². The Hall–Kier alpha value is -2.89. The molecule has 0 aliphatic heterocycles. The summed E-state index contributed by atoms with van der Waals surface area (Å²) in [5.41, 5.74) is 1.34. The van der Waals surface area contributed by atoms with Gasteiger partial charge in [-0.2, -0.15) is 0 Å². The molecule has 3 N–H and O–H groups in total. The van der Waals surface area contributed by atoms with Crippen LogP contribution in [0.15, 0.2) is 36.7 Å². The summed E-state index contributed by atoms with van der Waals surface area (Å²) in [6.45, 7) is 1.69. The van der Waals surface area contributed by atoms with Crippen LogP contribution in [0.3, 0.4) is 0 Å². The lowest BCUT2D eigenvalue weighted by Crippen LogP contribution is -2.13. The highest BCUT2D eigenvalue weighted by Gasteiger charge is 2.13. The second-order valence-corrected chi connectivity index (χ2v) is 4.18. The van der Waals surface area contributed by atoms with Gasteiger partial charge in [-0.3, -0.25) is 9.78 Å². The van der Waals surface area contributed by atoms with Crippen molar-refractivity contribution < 1.29 is 19.8 Å². The van der Waals surface area contributed by atoms with Crippen LogP contribution in [0.1, 0.15) is 26.3 Å². The monoisotopic (exact) mass is 272 g/mol. The Morgan fingerprint density at radius 1 is 1.25 bits per heavy atom. The molecule has 0 saturated heterocycles. The average molecular weight is 272 g/mol. The Bertz CT molecular complexity index is 683. The number of hydrogen-bond acceptors (Lipinski definition) is 4. The van der Waals surface area contributed by atoms with E-state index in [1.54, 1.807) is 6.92 Å². The molecule has 0 bridgehead atoms. The van der Waals surface area contributed by atoms with E-state index in [4.69, 9.17) is 5.11 Å². The van der Waals surface area contributed by atoms with E-state index in [1.807, 2.05) is 0 Å². The van der Waals surface area contributed by atoms with Crippen molar-refractivity contribution in [2.45, 2.75) is 6.92 Å². The number of hydrogen-bond donors (Lipinski definition) is 3. The minimum Gasteiger partial charge on any atom is -0.505 e. The van der Waals surface area contributed by atoms with Gasteiger partial charge in [0.2, 0.25) is 0 Å². The van der Waals surface area contributed by atoms with Crippen molar-refractivity contribution in [3.05, 3.63) is 53.3 Å². The molecule has 6 nitrogen and oxygen atoms in total. The van der Waals surface area contributed by atoms with E-state index < -0.39 is 11.9 Å². The third kappa shape index (κ3) is 2.74. The number of carboxylic acids is 1. The zero-order valence-corrected chi connectivity index (χ0v) is 10.6. The highest BCUT2D eigenvalue weighted by atomic mass is 16.4. The van der Waals surface area contributed by atoms with Crippen LogP contribution in [0, 0.1) is 6.92 Å². The van der Waals surface area contributed by atoms with Gasteiger partial charge in [0.25, 0.3) is 5.91 Å². The molecule has 0 spiro atoms. The van der Waals surface area contributed by atoms with Gasteiger partial charge in [0.05, 0.1) is 17.3 Å². The minimum atomic E-state index is -1.03. The maximum absolute atomic E-state index is 12.0. The number of carbonyl (C=O) groups is 2. The zero-order chi connectivity index (χ0) is 14.7. The van der Waals surface area contributed by atoms with E-state index >= 15 is 0 Å².